The van der Waals surface area contributed by atoms with Gasteiger partial charge in [0.25, 0.3) is 17.7 Å². The molecule has 0 fully saturated rings. The summed E-state index contributed by atoms with van der Waals surface area (Å²) in [5, 5.41) is 13.9. The van der Waals surface area contributed by atoms with Gasteiger partial charge in [-0.05, 0) is 137 Å². The summed E-state index contributed by atoms with van der Waals surface area (Å²) in [6.07, 6.45) is 7.89. The van der Waals surface area contributed by atoms with Gasteiger partial charge in [-0.15, -0.1) is 41.6 Å². The van der Waals surface area contributed by atoms with E-state index in [1.807, 2.05) is 112 Å². The number of hydrogen-bond acceptors (Lipinski definition) is 9. The van der Waals surface area contributed by atoms with E-state index in [0.717, 1.165) is 42.7 Å². The number of carbonyl (C=O) groups excluding carboxylic acids is 3. The lowest BCUT2D eigenvalue weighted by Crippen LogP contribution is -2.40. The Balaban J connectivity index is 0.000000283. The smallest absolute Gasteiger partial charge is 0.345 e. The number of thiophene rings is 2. The quantitative estimate of drug-likeness (QED) is 0.117. The average Bonchev–Trinajstić information content (AvgIpc) is 3.99. The number of anilines is 2. The standard InChI is InChI=1S/C22H27N3O2S3.C17H16N2O3S.C5H13NS2.CH4/c1-14-9-17(24(4)12-14)21(27)25(5)16-7-8-18-15(10-16)11-19(29-18)20(26)23-13-22(2,3)30(6)28;1-10-6-13(18(2)9-10)16(20)19(3)12-4-5-14-11(7-12)8-15(23-14)17(21)22;1-5(2,4-6)8(3)7;/h7-12H,13H2,1-6H3,(H,23,26);4-9H,1-3H3,(H,21,22);4,6H2,1-3H3;1H4. The molecule has 4 heterocycles. The molecule has 2 unspecified atom stereocenters. The Labute approximate surface area is 388 Å². The second-order valence-electron chi connectivity index (χ2n) is 16.0. The third-order valence-electron chi connectivity index (χ3n) is 10.3. The number of carboxylic acids is 1. The maximum atomic E-state index is 12.9. The Morgan fingerprint density at radius 2 is 1.13 bits per heavy atom. The van der Waals surface area contributed by atoms with E-state index < -0.39 is 5.97 Å². The zero-order valence-electron chi connectivity index (χ0n) is 36.7. The number of nitrogens with two attached hydrogens (primary N) is 1. The van der Waals surface area contributed by atoms with Crippen LogP contribution in [0.1, 0.15) is 86.6 Å². The van der Waals surface area contributed by atoms with Crippen LogP contribution in [0.5, 0.6) is 0 Å². The third-order valence-corrected chi connectivity index (χ3v) is 18.6. The maximum absolute atomic E-state index is 12.9. The number of nitrogens with one attached hydrogen (secondary N) is 1. The van der Waals surface area contributed by atoms with Crippen LogP contribution in [0.3, 0.4) is 0 Å². The number of aryl methyl sites for hydroxylation is 4. The molecule has 2 atom stereocenters. The largest absolute Gasteiger partial charge is 0.477 e. The molecule has 17 heteroatoms. The van der Waals surface area contributed by atoms with E-state index in [9.17, 15) is 19.2 Å². The molecule has 2 aromatic carbocycles. The number of hydrogen-bond donors (Lipinski definition) is 3. The molecule has 3 amide bonds. The van der Waals surface area contributed by atoms with Crippen molar-refractivity contribution in [2.75, 3.05) is 49.5 Å². The van der Waals surface area contributed by atoms with Crippen LogP contribution in [0, 0.1) is 13.8 Å². The second-order valence-corrected chi connectivity index (χ2v) is 25.2. The monoisotopic (exact) mass is 956 g/mol. The predicted octanol–water partition coefficient (Wildman–Crippen LogP) is 8.64. The van der Waals surface area contributed by atoms with Crippen molar-refractivity contribution < 1.29 is 24.3 Å². The molecule has 0 spiro atoms. The summed E-state index contributed by atoms with van der Waals surface area (Å²) in [6.45, 7) is 13.5. The number of rotatable bonds is 11. The molecule has 4 N–H and O–H groups in total. The minimum atomic E-state index is -0.934. The molecule has 0 saturated carbocycles. The van der Waals surface area contributed by atoms with E-state index >= 15 is 0 Å². The van der Waals surface area contributed by atoms with Crippen LogP contribution >= 0.6 is 22.7 Å². The zero-order valence-corrected chi connectivity index (χ0v) is 41.6. The molecule has 4 aromatic heterocycles. The molecule has 62 heavy (non-hydrogen) atoms. The fourth-order valence-electron chi connectivity index (χ4n) is 5.76. The molecule has 6 aromatic rings. The van der Waals surface area contributed by atoms with Gasteiger partial charge in [0, 0.05) is 83.9 Å². The Morgan fingerprint density at radius 1 is 0.726 bits per heavy atom. The van der Waals surface area contributed by atoms with Crippen LogP contribution < -0.4 is 20.9 Å². The number of nitrogens with zero attached hydrogens (tertiary/aromatic N) is 4. The molecule has 336 valence electrons. The minimum absolute atomic E-state index is 0. The first kappa shape index (κ1) is 52.2. The second kappa shape index (κ2) is 21.5. The van der Waals surface area contributed by atoms with Crippen LogP contribution in [0.25, 0.3) is 20.2 Å². The molecule has 0 aliphatic heterocycles. The van der Waals surface area contributed by atoms with Crippen molar-refractivity contribution in [1.82, 2.24) is 14.5 Å². The van der Waals surface area contributed by atoms with Crippen molar-refractivity contribution in [2.45, 2.75) is 58.5 Å². The topological polar surface area (TPSA) is 143 Å². The van der Waals surface area contributed by atoms with E-state index in [-0.39, 0.29) is 53.6 Å². The van der Waals surface area contributed by atoms with Crippen molar-refractivity contribution in [3.05, 3.63) is 105 Å². The third kappa shape index (κ3) is 12.8. The lowest BCUT2D eigenvalue weighted by atomic mass is 10.2. The van der Waals surface area contributed by atoms with Gasteiger partial charge in [0.1, 0.15) is 16.3 Å². The fraction of sp³-hybridized carbons (Fsp3) is 0.378. The van der Waals surface area contributed by atoms with Crippen LogP contribution in [-0.4, -0.2) is 87.1 Å². The fourth-order valence-corrected chi connectivity index (χ4v) is 8.49. The van der Waals surface area contributed by atoms with Gasteiger partial charge >= 0.3 is 5.97 Å². The highest BCUT2D eigenvalue weighted by Crippen LogP contribution is 2.31. The summed E-state index contributed by atoms with van der Waals surface area (Å²) in [7, 11) is 7.02. The van der Waals surface area contributed by atoms with Gasteiger partial charge in [-0.25, -0.2) is 4.79 Å². The van der Waals surface area contributed by atoms with E-state index in [1.54, 1.807) is 34.5 Å². The molecule has 6 rings (SSSR count). The first-order valence-electron chi connectivity index (χ1n) is 19.1. The van der Waals surface area contributed by atoms with Crippen molar-refractivity contribution in [1.29, 1.82) is 0 Å². The molecule has 0 saturated heterocycles. The SMILES string of the molecule is C.CS(=S)C(C)(C)CN.Cc1cc(C(=O)N(C)c2ccc3sc(C(=O)NCC(C)(C)S(C)=S)cc3c2)n(C)c1.Cc1cc(C(=O)N(C)c2ccc3sc(C(=O)O)cc3c2)n(C)c1. The molecule has 0 radical (unpaired) electrons. The highest BCUT2D eigenvalue weighted by Gasteiger charge is 2.23. The molecular weight excluding hydrogens is 897 g/mol. The number of fused-ring (bicyclic) bond motifs is 2. The first-order valence-corrected chi connectivity index (χ1v) is 25.9. The number of carbonyl (C=O) groups is 4. The number of benzene rings is 2. The molecular formula is C45H60N6O5S6. The van der Waals surface area contributed by atoms with Crippen molar-refractivity contribution in [2.24, 2.45) is 19.8 Å². The summed E-state index contributed by atoms with van der Waals surface area (Å²) in [6, 6.07) is 18.6. The Morgan fingerprint density at radius 3 is 1.47 bits per heavy atom. The molecule has 0 aliphatic carbocycles. The van der Waals surface area contributed by atoms with Gasteiger partial charge < -0.3 is 35.1 Å². The van der Waals surface area contributed by atoms with Crippen LogP contribution in [-0.2, 0) is 55.4 Å². The molecule has 11 nitrogen and oxygen atoms in total. The highest BCUT2D eigenvalue weighted by atomic mass is 32.8. The molecule has 0 bridgehead atoms. The Kier molecular flexibility index (Phi) is 18.1. The lowest BCUT2D eigenvalue weighted by Gasteiger charge is -2.24. The number of aromatic nitrogens is 2. The van der Waals surface area contributed by atoms with Gasteiger partial charge in [-0.3, -0.25) is 14.4 Å². The van der Waals surface area contributed by atoms with E-state index in [1.165, 1.54) is 22.7 Å². The van der Waals surface area contributed by atoms with Gasteiger partial charge in [0.2, 0.25) is 0 Å². The Hall–Kier alpha value is -4.10. The number of amides is 3. The van der Waals surface area contributed by atoms with E-state index in [2.05, 4.69) is 33.0 Å². The number of carboxylic acid groups (broad SMARTS) is 1. The minimum Gasteiger partial charge on any atom is -0.477 e. The van der Waals surface area contributed by atoms with E-state index in [4.69, 9.17) is 33.2 Å². The summed E-state index contributed by atoms with van der Waals surface area (Å²) in [5.41, 5.74) is 10.3. The van der Waals surface area contributed by atoms with Gasteiger partial charge in [-0.2, -0.15) is 0 Å². The summed E-state index contributed by atoms with van der Waals surface area (Å²) < 4.78 is 5.59. The first-order chi connectivity index (χ1) is 28.4. The maximum Gasteiger partial charge on any atom is 0.345 e. The van der Waals surface area contributed by atoms with Gasteiger partial charge in [-0.1, -0.05) is 29.8 Å². The normalized spacial score (nSPS) is 12.3. The Bertz CT molecular complexity index is 2630. The van der Waals surface area contributed by atoms with E-state index in [0.29, 0.717) is 34.2 Å². The zero-order chi connectivity index (χ0) is 45.7. The predicted molar refractivity (Wildman–Crippen MR) is 274 cm³/mol. The van der Waals surface area contributed by atoms with Crippen molar-refractivity contribution in [3.8, 4) is 0 Å². The van der Waals surface area contributed by atoms with Gasteiger partial charge in [0.05, 0.1) is 4.88 Å². The summed E-state index contributed by atoms with van der Waals surface area (Å²) >= 11 is 13.1. The molecule has 0 aliphatic rings. The van der Waals surface area contributed by atoms with Gasteiger partial charge in [0.15, 0.2) is 0 Å². The summed E-state index contributed by atoms with van der Waals surface area (Å²) in [4.78, 5) is 53.4. The lowest BCUT2D eigenvalue weighted by molar-refractivity contribution is 0.0701. The van der Waals surface area contributed by atoms with Crippen LogP contribution in [0.4, 0.5) is 11.4 Å². The average molecular weight is 957 g/mol. The summed E-state index contributed by atoms with van der Waals surface area (Å²) in [5.74, 6) is -1.20. The van der Waals surface area contributed by atoms with Crippen molar-refractivity contribution >= 4 is 119 Å². The number of aromatic carboxylic acids is 1. The van der Waals surface area contributed by atoms with Crippen LogP contribution in [0.15, 0.2) is 73.1 Å². The highest BCUT2D eigenvalue weighted by molar-refractivity contribution is 8.29. The van der Waals surface area contributed by atoms with Crippen molar-refractivity contribution in [3.63, 3.8) is 0 Å². The van der Waals surface area contributed by atoms with Crippen LogP contribution in [0.2, 0.25) is 0 Å².